The summed E-state index contributed by atoms with van der Waals surface area (Å²) in [7, 11) is 0. The van der Waals surface area contributed by atoms with Gasteiger partial charge in [0.25, 0.3) is 5.91 Å². The van der Waals surface area contributed by atoms with E-state index in [2.05, 4.69) is 20.5 Å². The Morgan fingerprint density at radius 2 is 2.11 bits per heavy atom. The highest BCUT2D eigenvalue weighted by Crippen LogP contribution is 2.32. The summed E-state index contributed by atoms with van der Waals surface area (Å²) in [5.41, 5.74) is -0.233. The van der Waals surface area contributed by atoms with Gasteiger partial charge in [0.2, 0.25) is 5.82 Å². The minimum absolute atomic E-state index is 0.0724. The highest BCUT2D eigenvalue weighted by molar-refractivity contribution is 6.01. The molecule has 0 atom stereocenters. The van der Waals surface area contributed by atoms with E-state index in [1.807, 2.05) is 0 Å². The van der Waals surface area contributed by atoms with E-state index < -0.39 is 17.6 Å². The molecule has 0 saturated carbocycles. The summed E-state index contributed by atoms with van der Waals surface area (Å²) in [5, 5.41) is 8.17. The molecule has 0 radical (unpaired) electrons. The second-order valence-corrected chi connectivity index (χ2v) is 3.82. The van der Waals surface area contributed by atoms with Crippen molar-refractivity contribution in [1.82, 2.24) is 15.2 Å². The lowest BCUT2D eigenvalue weighted by Gasteiger charge is -2.11. The van der Waals surface area contributed by atoms with E-state index in [9.17, 15) is 18.0 Å². The number of halogens is 3. The number of aromatic amines is 1. The number of anilines is 1. The van der Waals surface area contributed by atoms with Gasteiger partial charge in [-0.15, -0.1) is 0 Å². The number of alkyl halides is 3. The van der Waals surface area contributed by atoms with Crippen molar-refractivity contribution in [1.29, 1.82) is 0 Å². The standard InChI is InChI=1S/C11H9F3N4O/c1-6-2-3-7(11(12,13)14)4-8(6)17-10(19)9-15-5-16-18-9/h2-5H,1H3,(H,17,19)(H,15,16,18). The zero-order valence-electron chi connectivity index (χ0n) is 9.75. The molecule has 0 bridgehead atoms. The monoisotopic (exact) mass is 270 g/mol. The van der Waals surface area contributed by atoms with Crippen LogP contribution < -0.4 is 5.32 Å². The summed E-state index contributed by atoms with van der Waals surface area (Å²) < 4.78 is 37.7. The maximum Gasteiger partial charge on any atom is 0.416 e. The molecular formula is C11H9F3N4O. The van der Waals surface area contributed by atoms with Gasteiger partial charge in [-0.2, -0.15) is 18.3 Å². The van der Waals surface area contributed by atoms with Gasteiger partial charge >= 0.3 is 6.18 Å². The summed E-state index contributed by atoms with van der Waals surface area (Å²) in [6.45, 7) is 1.59. The molecule has 8 heteroatoms. The lowest BCUT2D eigenvalue weighted by atomic mass is 10.1. The van der Waals surface area contributed by atoms with Gasteiger partial charge in [-0.1, -0.05) is 6.07 Å². The van der Waals surface area contributed by atoms with E-state index in [1.165, 1.54) is 6.07 Å². The molecule has 0 aliphatic carbocycles. The largest absolute Gasteiger partial charge is 0.416 e. The lowest BCUT2D eigenvalue weighted by Crippen LogP contribution is -2.15. The SMILES string of the molecule is Cc1ccc(C(F)(F)F)cc1NC(=O)c1ncn[nH]1. The van der Waals surface area contributed by atoms with Gasteiger partial charge in [-0.3, -0.25) is 9.89 Å². The van der Waals surface area contributed by atoms with Crippen molar-refractivity contribution >= 4 is 11.6 Å². The summed E-state index contributed by atoms with van der Waals surface area (Å²) in [5.74, 6) is -0.725. The lowest BCUT2D eigenvalue weighted by molar-refractivity contribution is -0.137. The average molecular weight is 270 g/mol. The molecule has 19 heavy (non-hydrogen) atoms. The number of carbonyl (C=O) groups excluding carboxylic acids is 1. The Hall–Kier alpha value is -2.38. The number of benzene rings is 1. The van der Waals surface area contributed by atoms with E-state index in [-0.39, 0.29) is 11.5 Å². The minimum Gasteiger partial charge on any atom is -0.319 e. The average Bonchev–Trinajstić information content (AvgIpc) is 2.84. The van der Waals surface area contributed by atoms with Crippen LogP contribution in [0.4, 0.5) is 18.9 Å². The van der Waals surface area contributed by atoms with E-state index in [0.29, 0.717) is 5.56 Å². The summed E-state index contributed by atoms with van der Waals surface area (Å²) in [6, 6.07) is 3.13. The number of carbonyl (C=O) groups is 1. The van der Waals surface area contributed by atoms with Crippen LogP contribution in [-0.4, -0.2) is 21.1 Å². The van der Waals surface area contributed by atoms with Crippen LogP contribution in [0.2, 0.25) is 0 Å². The molecule has 0 aliphatic rings. The second kappa shape index (κ2) is 4.71. The summed E-state index contributed by atoms with van der Waals surface area (Å²) in [4.78, 5) is 15.3. The molecule has 5 nitrogen and oxygen atoms in total. The number of aromatic nitrogens is 3. The molecule has 0 fully saturated rings. The van der Waals surface area contributed by atoms with Crippen LogP contribution in [0.5, 0.6) is 0 Å². The molecule has 1 aromatic heterocycles. The molecule has 100 valence electrons. The molecule has 2 aromatic rings. The Morgan fingerprint density at radius 1 is 1.37 bits per heavy atom. The molecular weight excluding hydrogens is 261 g/mol. The van der Waals surface area contributed by atoms with E-state index in [0.717, 1.165) is 18.5 Å². The Labute approximate surface area is 105 Å². The highest BCUT2D eigenvalue weighted by atomic mass is 19.4. The van der Waals surface area contributed by atoms with Crippen LogP contribution in [0, 0.1) is 6.92 Å². The van der Waals surface area contributed by atoms with Gasteiger partial charge in [0.15, 0.2) is 0 Å². The van der Waals surface area contributed by atoms with Crippen molar-refractivity contribution in [3.63, 3.8) is 0 Å². The Balaban J connectivity index is 2.27. The molecule has 0 saturated heterocycles. The zero-order valence-corrected chi connectivity index (χ0v) is 9.75. The van der Waals surface area contributed by atoms with Gasteiger partial charge in [-0.25, -0.2) is 4.98 Å². The number of H-pyrrole nitrogens is 1. The number of aryl methyl sites for hydroxylation is 1. The fourth-order valence-electron chi connectivity index (χ4n) is 1.43. The molecule has 1 heterocycles. The third-order valence-corrected chi connectivity index (χ3v) is 2.44. The predicted molar refractivity (Wildman–Crippen MR) is 60.5 cm³/mol. The van der Waals surface area contributed by atoms with Crippen LogP contribution in [-0.2, 0) is 6.18 Å². The molecule has 2 rings (SSSR count). The maximum absolute atomic E-state index is 12.6. The third kappa shape index (κ3) is 2.90. The fraction of sp³-hybridized carbons (Fsp3) is 0.182. The van der Waals surface area contributed by atoms with Gasteiger partial charge in [0.1, 0.15) is 6.33 Å². The first-order valence-electron chi connectivity index (χ1n) is 5.22. The van der Waals surface area contributed by atoms with Crippen molar-refractivity contribution < 1.29 is 18.0 Å². The molecule has 1 aromatic carbocycles. The highest BCUT2D eigenvalue weighted by Gasteiger charge is 2.31. The quantitative estimate of drug-likeness (QED) is 0.880. The third-order valence-electron chi connectivity index (χ3n) is 2.44. The first-order valence-corrected chi connectivity index (χ1v) is 5.22. The predicted octanol–water partition coefficient (Wildman–Crippen LogP) is 2.38. The normalized spacial score (nSPS) is 11.4. The van der Waals surface area contributed by atoms with Gasteiger partial charge in [-0.05, 0) is 24.6 Å². The second-order valence-electron chi connectivity index (χ2n) is 3.82. The molecule has 0 spiro atoms. The fourth-order valence-corrected chi connectivity index (χ4v) is 1.43. The number of nitrogens with one attached hydrogen (secondary N) is 2. The van der Waals surface area contributed by atoms with Crippen molar-refractivity contribution in [2.75, 3.05) is 5.32 Å². The van der Waals surface area contributed by atoms with Crippen molar-refractivity contribution in [2.45, 2.75) is 13.1 Å². The van der Waals surface area contributed by atoms with Gasteiger partial charge in [0, 0.05) is 5.69 Å². The molecule has 1 amide bonds. The molecule has 0 aliphatic heterocycles. The van der Waals surface area contributed by atoms with Crippen LogP contribution in [0.25, 0.3) is 0 Å². The van der Waals surface area contributed by atoms with E-state index >= 15 is 0 Å². The smallest absolute Gasteiger partial charge is 0.319 e. The van der Waals surface area contributed by atoms with Gasteiger partial charge in [0.05, 0.1) is 5.56 Å². The van der Waals surface area contributed by atoms with Crippen molar-refractivity contribution in [2.24, 2.45) is 0 Å². The summed E-state index contributed by atoms with van der Waals surface area (Å²) in [6.07, 6.45) is -3.33. The van der Waals surface area contributed by atoms with E-state index in [1.54, 1.807) is 6.92 Å². The van der Waals surface area contributed by atoms with Crippen LogP contribution in [0.3, 0.4) is 0 Å². The first-order chi connectivity index (χ1) is 8.88. The number of nitrogens with zero attached hydrogens (tertiary/aromatic N) is 2. The van der Waals surface area contributed by atoms with Crippen LogP contribution in [0.1, 0.15) is 21.7 Å². The topological polar surface area (TPSA) is 70.7 Å². The van der Waals surface area contributed by atoms with Crippen LogP contribution in [0.15, 0.2) is 24.5 Å². The van der Waals surface area contributed by atoms with Gasteiger partial charge < -0.3 is 5.32 Å². The first kappa shape index (κ1) is 13.1. The number of hydrogen-bond donors (Lipinski definition) is 2. The maximum atomic E-state index is 12.6. The zero-order chi connectivity index (χ0) is 14.0. The number of amides is 1. The molecule has 2 N–H and O–H groups in total. The van der Waals surface area contributed by atoms with Crippen molar-refractivity contribution in [3.8, 4) is 0 Å². The van der Waals surface area contributed by atoms with Crippen molar-refractivity contribution in [3.05, 3.63) is 41.5 Å². The molecule has 0 unspecified atom stereocenters. The van der Waals surface area contributed by atoms with E-state index in [4.69, 9.17) is 0 Å². The van der Waals surface area contributed by atoms with Crippen LogP contribution >= 0.6 is 0 Å². The minimum atomic E-state index is -4.46. The Morgan fingerprint density at radius 3 is 2.68 bits per heavy atom. The summed E-state index contributed by atoms with van der Waals surface area (Å²) >= 11 is 0. The Bertz CT molecular complexity index is 592. The number of rotatable bonds is 2. The number of hydrogen-bond acceptors (Lipinski definition) is 3. The Kier molecular flexibility index (Phi) is 3.24.